The Kier molecular flexibility index (Phi) is 7.36. The Hall–Kier alpha value is -1.43. The quantitative estimate of drug-likeness (QED) is 0.746. The van der Waals surface area contributed by atoms with Crippen LogP contribution in [0.2, 0.25) is 0 Å². The van der Waals surface area contributed by atoms with E-state index in [2.05, 4.69) is 38.0 Å². The molecule has 1 rings (SSSR count). The van der Waals surface area contributed by atoms with E-state index in [-0.39, 0.29) is 19.1 Å². The number of aromatic nitrogens is 3. The van der Waals surface area contributed by atoms with Gasteiger partial charge in [0.15, 0.2) is 0 Å². The third-order valence-electron chi connectivity index (χ3n) is 3.00. The molecule has 21 heavy (non-hydrogen) atoms. The van der Waals surface area contributed by atoms with E-state index in [1.54, 1.807) is 10.9 Å². The molecule has 1 heterocycles. The molecule has 0 bridgehead atoms. The fraction of sp³-hybridized carbons (Fsp3) is 0.800. The van der Waals surface area contributed by atoms with E-state index < -0.39 is 0 Å². The topological polar surface area (TPSA) is 71.2 Å². The second-order valence-corrected chi connectivity index (χ2v) is 6.32. The summed E-state index contributed by atoms with van der Waals surface area (Å²) in [6.45, 7) is 10.4. The van der Waals surface area contributed by atoms with E-state index in [4.69, 9.17) is 5.11 Å². The second kappa shape index (κ2) is 8.77. The average molecular weight is 296 g/mol. The number of aliphatic hydroxyl groups excluding tert-OH is 1. The standard InChI is InChI=1S/C15H28N4O2/c1-12(2)8-18(9-13(3)4)15(21)11-19-10-14(16-17-19)6-5-7-20/h10,12-13,20H,5-9,11H2,1-4H3. The molecule has 0 fully saturated rings. The number of aryl methyl sites for hydroxylation is 1. The van der Waals surface area contributed by atoms with Gasteiger partial charge in [0.05, 0.1) is 5.69 Å². The molecule has 6 nitrogen and oxygen atoms in total. The van der Waals surface area contributed by atoms with Gasteiger partial charge >= 0.3 is 0 Å². The van der Waals surface area contributed by atoms with Crippen LogP contribution in [0.5, 0.6) is 0 Å². The highest BCUT2D eigenvalue weighted by Gasteiger charge is 2.17. The monoisotopic (exact) mass is 296 g/mol. The highest BCUT2D eigenvalue weighted by molar-refractivity contribution is 5.75. The number of carbonyl (C=O) groups is 1. The van der Waals surface area contributed by atoms with Crippen LogP contribution in [0.1, 0.15) is 39.8 Å². The van der Waals surface area contributed by atoms with Gasteiger partial charge in [-0.1, -0.05) is 32.9 Å². The van der Waals surface area contributed by atoms with Crippen molar-refractivity contribution in [1.82, 2.24) is 19.9 Å². The number of hydrogen-bond acceptors (Lipinski definition) is 4. The first-order chi connectivity index (χ1) is 9.92. The third kappa shape index (κ3) is 6.71. The summed E-state index contributed by atoms with van der Waals surface area (Å²) in [7, 11) is 0. The van der Waals surface area contributed by atoms with Crippen LogP contribution in [0.4, 0.5) is 0 Å². The summed E-state index contributed by atoms with van der Waals surface area (Å²) in [5, 5.41) is 16.8. The summed E-state index contributed by atoms with van der Waals surface area (Å²) >= 11 is 0. The van der Waals surface area contributed by atoms with E-state index in [0.717, 1.165) is 18.8 Å². The Bertz CT molecular complexity index is 419. The van der Waals surface area contributed by atoms with Crippen LogP contribution in [0, 0.1) is 11.8 Å². The highest BCUT2D eigenvalue weighted by Crippen LogP contribution is 2.06. The summed E-state index contributed by atoms with van der Waals surface area (Å²) in [6.07, 6.45) is 3.14. The van der Waals surface area contributed by atoms with E-state index in [0.29, 0.717) is 24.7 Å². The molecular weight excluding hydrogens is 268 g/mol. The van der Waals surface area contributed by atoms with Gasteiger partial charge < -0.3 is 10.0 Å². The zero-order valence-corrected chi connectivity index (χ0v) is 13.6. The van der Waals surface area contributed by atoms with Crippen molar-refractivity contribution in [2.24, 2.45) is 11.8 Å². The smallest absolute Gasteiger partial charge is 0.244 e. The van der Waals surface area contributed by atoms with Gasteiger partial charge in [-0.25, -0.2) is 4.68 Å². The second-order valence-electron chi connectivity index (χ2n) is 6.32. The minimum absolute atomic E-state index is 0.0796. The molecule has 0 saturated heterocycles. The Morgan fingerprint density at radius 1 is 1.29 bits per heavy atom. The molecule has 1 amide bonds. The largest absolute Gasteiger partial charge is 0.396 e. The predicted octanol–water partition coefficient (Wildman–Crippen LogP) is 1.34. The van der Waals surface area contributed by atoms with Gasteiger partial charge in [-0.15, -0.1) is 5.10 Å². The lowest BCUT2D eigenvalue weighted by atomic mass is 10.1. The third-order valence-corrected chi connectivity index (χ3v) is 3.00. The molecule has 0 saturated carbocycles. The number of aliphatic hydroxyl groups is 1. The zero-order chi connectivity index (χ0) is 15.8. The van der Waals surface area contributed by atoms with Gasteiger partial charge in [-0.3, -0.25) is 4.79 Å². The lowest BCUT2D eigenvalue weighted by Gasteiger charge is -2.26. The van der Waals surface area contributed by atoms with Crippen LogP contribution in [0.25, 0.3) is 0 Å². The van der Waals surface area contributed by atoms with E-state index >= 15 is 0 Å². The van der Waals surface area contributed by atoms with Gasteiger partial charge in [0.1, 0.15) is 6.54 Å². The van der Waals surface area contributed by atoms with Gasteiger partial charge in [-0.05, 0) is 24.7 Å². The van der Waals surface area contributed by atoms with E-state index in [1.165, 1.54) is 0 Å². The van der Waals surface area contributed by atoms with Crippen molar-refractivity contribution in [3.8, 4) is 0 Å². The number of carbonyl (C=O) groups excluding carboxylic acids is 1. The maximum Gasteiger partial charge on any atom is 0.244 e. The molecule has 0 radical (unpaired) electrons. The Morgan fingerprint density at radius 3 is 2.43 bits per heavy atom. The van der Waals surface area contributed by atoms with Gasteiger partial charge in [0.25, 0.3) is 0 Å². The molecule has 1 N–H and O–H groups in total. The van der Waals surface area contributed by atoms with Crippen LogP contribution in [0.3, 0.4) is 0 Å². The fourth-order valence-electron chi connectivity index (χ4n) is 2.19. The summed E-state index contributed by atoms with van der Waals surface area (Å²) in [5.74, 6) is 0.975. The Morgan fingerprint density at radius 2 is 1.90 bits per heavy atom. The fourth-order valence-corrected chi connectivity index (χ4v) is 2.19. The molecule has 0 aliphatic heterocycles. The molecule has 6 heteroatoms. The lowest BCUT2D eigenvalue weighted by molar-refractivity contribution is -0.133. The van der Waals surface area contributed by atoms with Crippen molar-refractivity contribution >= 4 is 5.91 Å². The van der Waals surface area contributed by atoms with Crippen molar-refractivity contribution in [2.75, 3.05) is 19.7 Å². The van der Waals surface area contributed by atoms with Crippen LogP contribution < -0.4 is 0 Å². The van der Waals surface area contributed by atoms with Gasteiger partial charge in [0, 0.05) is 25.9 Å². The number of rotatable bonds is 9. The van der Waals surface area contributed by atoms with Crippen LogP contribution in [0.15, 0.2) is 6.20 Å². The van der Waals surface area contributed by atoms with E-state index in [1.807, 2.05) is 4.90 Å². The normalized spacial score (nSPS) is 11.4. The number of nitrogens with zero attached hydrogens (tertiary/aromatic N) is 4. The highest BCUT2D eigenvalue weighted by atomic mass is 16.2. The molecule has 0 unspecified atom stereocenters. The molecule has 0 spiro atoms. The molecule has 120 valence electrons. The number of hydrogen-bond donors (Lipinski definition) is 1. The Labute approximate surface area is 127 Å². The average Bonchev–Trinajstić information content (AvgIpc) is 2.82. The van der Waals surface area contributed by atoms with Crippen LogP contribution >= 0.6 is 0 Å². The van der Waals surface area contributed by atoms with Crippen molar-refractivity contribution < 1.29 is 9.90 Å². The molecule has 0 aliphatic rings. The zero-order valence-electron chi connectivity index (χ0n) is 13.6. The van der Waals surface area contributed by atoms with Crippen molar-refractivity contribution in [1.29, 1.82) is 0 Å². The lowest BCUT2D eigenvalue weighted by Crippen LogP contribution is -2.39. The van der Waals surface area contributed by atoms with Gasteiger partial charge in [-0.2, -0.15) is 0 Å². The molecular formula is C15H28N4O2. The SMILES string of the molecule is CC(C)CN(CC(C)C)C(=O)Cn1cc(CCCO)nn1. The first-order valence-corrected chi connectivity index (χ1v) is 7.70. The van der Waals surface area contributed by atoms with Crippen molar-refractivity contribution in [3.05, 3.63) is 11.9 Å². The molecule has 0 aliphatic carbocycles. The first kappa shape index (κ1) is 17.6. The van der Waals surface area contributed by atoms with E-state index in [9.17, 15) is 4.79 Å². The van der Waals surface area contributed by atoms with Crippen LogP contribution in [-0.4, -0.2) is 50.6 Å². The summed E-state index contributed by atoms with van der Waals surface area (Å²) in [5.41, 5.74) is 0.816. The molecule has 0 atom stereocenters. The Balaban J connectivity index is 2.60. The summed E-state index contributed by atoms with van der Waals surface area (Å²) in [4.78, 5) is 14.3. The molecule has 1 aromatic heterocycles. The van der Waals surface area contributed by atoms with Crippen LogP contribution in [-0.2, 0) is 17.8 Å². The predicted molar refractivity (Wildman–Crippen MR) is 81.7 cm³/mol. The minimum Gasteiger partial charge on any atom is -0.396 e. The van der Waals surface area contributed by atoms with Crippen molar-refractivity contribution in [3.63, 3.8) is 0 Å². The maximum atomic E-state index is 12.4. The summed E-state index contributed by atoms with van der Waals surface area (Å²) < 4.78 is 1.59. The molecule has 1 aromatic rings. The molecule has 0 aromatic carbocycles. The minimum atomic E-state index is 0.0796. The first-order valence-electron chi connectivity index (χ1n) is 7.70. The maximum absolute atomic E-state index is 12.4. The summed E-state index contributed by atoms with van der Waals surface area (Å²) in [6, 6.07) is 0. The van der Waals surface area contributed by atoms with Crippen molar-refractivity contribution in [2.45, 2.75) is 47.1 Å². The number of amides is 1. The van der Waals surface area contributed by atoms with Gasteiger partial charge in [0.2, 0.25) is 5.91 Å².